The van der Waals surface area contributed by atoms with Crippen LogP contribution in [0.3, 0.4) is 0 Å². The SMILES string of the molecule is COc1cc2c(=O)n(-c3cccc(C(O)(C(F)(F)F)C(F)(F)F)c3)c(Cc3ccccc3)nc2cc1C. The van der Waals surface area contributed by atoms with Crippen molar-refractivity contribution in [3.05, 3.63) is 99.6 Å². The summed E-state index contributed by atoms with van der Waals surface area (Å²) in [6.07, 6.45) is -12.1. The molecule has 0 aliphatic carbocycles. The number of hydrogen-bond acceptors (Lipinski definition) is 4. The second-order valence-corrected chi connectivity index (χ2v) is 8.43. The molecule has 11 heteroatoms. The Balaban J connectivity index is 2.03. The van der Waals surface area contributed by atoms with Gasteiger partial charge in [0.1, 0.15) is 11.6 Å². The maximum atomic E-state index is 13.6. The Morgan fingerprint density at radius 3 is 2.16 bits per heavy atom. The van der Waals surface area contributed by atoms with Gasteiger partial charge in [0.2, 0.25) is 0 Å². The van der Waals surface area contributed by atoms with Gasteiger partial charge in [-0.25, -0.2) is 4.98 Å². The monoisotopic (exact) mass is 522 g/mol. The molecular formula is C26H20F6N2O3. The lowest BCUT2D eigenvalue weighted by atomic mass is 9.92. The highest BCUT2D eigenvalue weighted by molar-refractivity contribution is 5.81. The van der Waals surface area contributed by atoms with Crippen molar-refractivity contribution in [2.24, 2.45) is 0 Å². The van der Waals surface area contributed by atoms with Crippen molar-refractivity contribution in [3.63, 3.8) is 0 Å². The van der Waals surface area contributed by atoms with E-state index in [9.17, 15) is 36.2 Å². The summed E-state index contributed by atoms with van der Waals surface area (Å²) in [6.45, 7) is 1.74. The minimum Gasteiger partial charge on any atom is -0.496 e. The molecule has 1 heterocycles. The minimum absolute atomic E-state index is 0.0458. The summed E-state index contributed by atoms with van der Waals surface area (Å²) in [5.74, 6) is 0.430. The topological polar surface area (TPSA) is 64.3 Å². The van der Waals surface area contributed by atoms with Gasteiger partial charge in [-0.3, -0.25) is 9.36 Å². The van der Waals surface area contributed by atoms with Gasteiger partial charge in [0.15, 0.2) is 0 Å². The van der Waals surface area contributed by atoms with E-state index >= 15 is 0 Å². The van der Waals surface area contributed by atoms with E-state index in [0.29, 0.717) is 29.0 Å². The fraction of sp³-hybridized carbons (Fsp3) is 0.231. The number of fused-ring (bicyclic) bond motifs is 1. The third-order valence-corrected chi connectivity index (χ3v) is 6.00. The van der Waals surface area contributed by atoms with E-state index in [1.165, 1.54) is 19.2 Å². The Bertz CT molecular complexity index is 1500. The molecule has 0 spiro atoms. The number of aromatic nitrogens is 2. The second kappa shape index (κ2) is 9.22. The fourth-order valence-corrected chi connectivity index (χ4v) is 4.10. The number of alkyl halides is 6. The van der Waals surface area contributed by atoms with Crippen LogP contribution < -0.4 is 10.3 Å². The summed E-state index contributed by atoms with van der Waals surface area (Å²) in [6, 6.07) is 14.8. The van der Waals surface area contributed by atoms with Gasteiger partial charge >= 0.3 is 12.4 Å². The summed E-state index contributed by atoms with van der Waals surface area (Å²) >= 11 is 0. The molecule has 0 unspecified atom stereocenters. The summed E-state index contributed by atoms with van der Waals surface area (Å²) in [7, 11) is 1.39. The highest BCUT2D eigenvalue weighted by Crippen LogP contribution is 2.50. The number of benzene rings is 3. The molecular weight excluding hydrogens is 502 g/mol. The number of aryl methyl sites for hydroxylation is 1. The van der Waals surface area contributed by atoms with Crippen LogP contribution in [-0.2, 0) is 12.0 Å². The van der Waals surface area contributed by atoms with Gasteiger partial charge < -0.3 is 9.84 Å². The molecule has 5 nitrogen and oxygen atoms in total. The smallest absolute Gasteiger partial charge is 0.430 e. The predicted octanol–water partition coefficient (Wildman–Crippen LogP) is 5.61. The zero-order chi connectivity index (χ0) is 27.2. The van der Waals surface area contributed by atoms with Crippen LogP contribution in [0.5, 0.6) is 5.75 Å². The van der Waals surface area contributed by atoms with Crippen molar-refractivity contribution in [2.45, 2.75) is 31.3 Å². The number of nitrogens with zero attached hydrogens (tertiary/aromatic N) is 2. The second-order valence-electron chi connectivity index (χ2n) is 8.43. The first-order chi connectivity index (χ1) is 17.3. The molecule has 194 valence electrons. The summed E-state index contributed by atoms with van der Waals surface area (Å²) < 4.78 is 87.4. The van der Waals surface area contributed by atoms with Crippen LogP contribution in [-0.4, -0.2) is 34.1 Å². The Labute approximate surface area is 206 Å². The lowest BCUT2D eigenvalue weighted by Gasteiger charge is -2.33. The number of methoxy groups -OCH3 is 1. The summed E-state index contributed by atoms with van der Waals surface area (Å²) in [5.41, 5.74) is -6.03. The minimum atomic E-state index is -6.08. The zero-order valence-electron chi connectivity index (χ0n) is 19.5. The lowest BCUT2D eigenvalue weighted by Crippen LogP contribution is -2.54. The van der Waals surface area contributed by atoms with E-state index in [-0.39, 0.29) is 28.8 Å². The number of halogens is 6. The van der Waals surface area contributed by atoms with Crippen LogP contribution >= 0.6 is 0 Å². The number of ether oxygens (including phenoxy) is 1. The van der Waals surface area contributed by atoms with Gasteiger partial charge in [-0.1, -0.05) is 42.5 Å². The van der Waals surface area contributed by atoms with E-state index in [1.807, 2.05) is 0 Å². The molecule has 0 saturated carbocycles. The molecule has 0 fully saturated rings. The number of rotatable bonds is 5. The largest absolute Gasteiger partial charge is 0.496 e. The lowest BCUT2D eigenvalue weighted by molar-refractivity contribution is -0.376. The average Bonchev–Trinajstić information content (AvgIpc) is 2.82. The van der Waals surface area contributed by atoms with E-state index in [0.717, 1.165) is 10.6 Å². The molecule has 37 heavy (non-hydrogen) atoms. The molecule has 3 aromatic carbocycles. The highest BCUT2D eigenvalue weighted by atomic mass is 19.4. The quantitative estimate of drug-likeness (QED) is 0.347. The van der Waals surface area contributed by atoms with Crippen molar-refractivity contribution >= 4 is 10.9 Å². The third kappa shape index (κ3) is 4.55. The summed E-state index contributed by atoms with van der Waals surface area (Å²) in [4.78, 5) is 18.2. The van der Waals surface area contributed by atoms with Gasteiger partial charge in [-0.05, 0) is 42.3 Å². The van der Waals surface area contributed by atoms with E-state index in [4.69, 9.17) is 4.74 Å². The van der Waals surface area contributed by atoms with Gasteiger partial charge in [0, 0.05) is 12.0 Å². The normalized spacial score (nSPS) is 12.7. The molecule has 4 aromatic rings. The van der Waals surface area contributed by atoms with E-state index in [2.05, 4.69) is 4.98 Å². The first kappa shape index (κ1) is 26.2. The van der Waals surface area contributed by atoms with Crippen molar-refractivity contribution in [1.82, 2.24) is 9.55 Å². The van der Waals surface area contributed by atoms with Crippen LogP contribution in [0, 0.1) is 6.92 Å². The Morgan fingerprint density at radius 1 is 0.919 bits per heavy atom. The average molecular weight is 522 g/mol. The molecule has 0 amide bonds. The van der Waals surface area contributed by atoms with Crippen molar-refractivity contribution in [2.75, 3.05) is 7.11 Å². The van der Waals surface area contributed by atoms with Crippen LogP contribution in [0.15, 0.2) is 71.5 Å². The zero-order valence-corrected chi connectivity index (χ0v) is 19.5. The number of aliphatic hydroxyl groups is 1. The molecule has 0 radical (unpaired) electrons. The molecule has 0 bridgehead atoms. The molecule has 4 rings (SSSR count). The molecule has 1 N–H and O–H groups in total. The Morgan fingerprint density at radius 2 is 1.57 bits per heavy atom. The van der Waals surface area contributed by atoms with Gasteiger partial charge in [0.25, 0.3) is 11.2 Å². The van der Waals surface area contributed by atoms with Crippen LogP contribution in [0.1, 0.15) is 22.5 Å². The molecule has 0 atom stereocenters. The fourth-order valence-electron chi connectivity index (χ4n) is 4.10. The van der Waals surface area contributed by atoms with E-state index in [1.54, 1.807) is 43.3 Å². The van der Waals surface area contributed by atoms with Crippen molar-refractivity contribution < 1.29 is 36.2 Å². The van der Waals surface area contributed by atoms with Gasteiger partial charge in [0.05, 0.1) is 23.7 Å². The Hall–Kier alpha value is -3.86. The van der Waals surface area contributed by atoms with Crippen LogP contribution in [0.2, 0.25) is 0 Å². The third-order valence-electron chi connectivity index (χ3n) is 6.00. The van der Waals surface area contributed by atoms with Crippen molar-refractivity contribution in [3.8, 4) is 11.4 Å². The summed E-state index contributed by atoms with van der Waals surface area (Å²) in [5, 5.41) is 9.95. The van der Waals surface area contributed by atoms with Crippen LogP contribution in [0.25, 0.3) is 16.6 Å². The molecule has 0 aliphatic rings. The van der Waals surface area contributed by atoms with Crippen molar-refractivity contribution in [1.29, 1.82) is 0 Å². The Kier molecular flexibility index (Phi) is 6.53. The maximum Gasteiger partial charge on any atom is 0.430 e. The standard InChI is InChI=1S/C26H20F6N2O3/c1-15-11-20-19(14-21(15)37-2)23(35)34(22(33-20)12-16-7-4-3-5-8-16)18-10-6-9-17(13-18)24(36,25(27,28)29)26(30,31)32/h3-11,13-14,36H,12H2,1-2H3. The molecule has 0 saturated heterocycles. The van der Waals surface area contributed by atoms with Crippen LogP contribution in [0.4, 0.5) is 26.3 Å². The van der Waals surface area contributed by atoms with Gasteiger partial charge in [-0.2, -0.15) is 26.3 Å². The predicted molar refractivity (Wildman–Crippen MR) is 124 cm³/mol. The highest BCUT2D eigenvalue weighted by Gasteiger charge is 2.71. The number of hydrogen-bond donors (Lipinski definition) is 1. The maximum absolute atomic E-state index is 13.6. The molecule has 1 aromatic heterocycles. The van der Waals surface area contributed by atoms with E-state index < -0.39 is 29.1 Å². The molecule has 0 aliphatic heterocycles. The van der Waals surface area contributed by atoms with Gasteiger partial charge in [-0.15, -0.1) is 0 Å². The first-order valence-corrected chi connectivity index (χ1v) is 10.9. The first-order valence-electron chi connectivity index (χ1n) is 10.9.